The van der Waals surface area contributed by atoms with Gasteiger partial charge in [-0.2, -0.15) is 0 Å². The first-order valence-corrected chi connectivity index (χ1v) is 6.30. The zero-order chi connectivity index (χ0) is 11.5. The van der Waals surface area contributed by atoms with Gasteiger partial charge in [-0.05, 0) is 30.2 Å². The van der Waals surface area contributed by atoms with Crippen molar-refractivity contribution < 1.29 is 4.74 Å². The molecule has 1 aromatic rings. The molecule has 0 amide bonds. The topological polar surface area (TPSA) is 38.5 Å². The Morgan fingerprint density at radius 1 is 1.38 bits per heavy atom. The van der Waals surface area contributed by atoms with E-state index in [1.807, 2.05) is 6.92 Å². The third kappa shape index (κ3) is 2.75. The van der Waals surface area contributed by atoms with Crippen molar-refractivity contribution in [3.8, 4) is 0 Å². The number of benzene rings is 1. The molecule has 1 fully saturated rings. The predicted molar refractivity (Wildman–Crippen MR) is 69.4 cm³/mol. The molecule has 0 spiro atoms. The molecular weight excluding hydrogens is 268 g/mol. The van der Waals surface area contributed by atoms with Crippen LogP contribution in [0.2, 0.25) is 0 Å². The van der Waals surface area contributed by atoms with Crippen molar-refractivity contribution in [3.63, 3.8) is 0 Å². The molecule has 0 unspecified atom stereocenters. The number of nitrogens with two attached hydrogens (primary N) is 1. The van der Waals surface area contributed by atoms with Crippen LogP contribution in [0, 0.1) is 6.92 Å². The van der Waals surface area contributed by atoms with E-state index in [4.69, 9.17) is 10.5 Å². The minimum Gasteiger partial charge on any atom is -0.398 e. The van der Waals surface area contributed by atoms with Gasteiger partial charge in [-0.15, -0.1) is 0 Å². The van der Waals surface area contributed by atoms with Gasteiger partial charge < -0.3 is 10.5 Å². The number of morpholine rings is 1. The highest BCUT2D eigenvalue weighted by molar-refractivity contribution is 9.10. The standard InChI is InChI=1S/C12H17BrN2O/c1-9-6-11(13)7-10(12(9)14)8-15-2-4-16-5-3-15/h6-7H,2-5,8,14H2,1H3. The van der Waals surface area contributed by atoms with Gasteiger partial charge in [0, 0.05) is 29.8 Å². The van der Waals surface area contributed by atoms with Crippen molar-refractivity contribution in [2.45, 2.75) is 13.5 Å². The van der Waals surface area contributed by atoms with Gasteiger partial charge in [-0.3, -0.25) is 4.90 Å². The van der Waals surface area contributed by atoms with Crippen molar-refractivity contribution in [3.05, 3.63) is 27.7 Å². The lowest BCUT2D eigenvalue weighted by molar-refractivity contribution is 0.0342. The van der Waals surface area contributed by atoms with Gasteiger partial charge in [0.2, 0.25) is 0 Å². The molecule has 1 heterocycles. The summed E-state index contributed by atoms with van der Waals surface area (Å²) in [7, 11) is 0. The molecule has 2 rings (SSSR count). The molecule has 3 nitrogen and oxygen atoms in total. The minimum atomic E-state index is 0.826. The summed E-state index contributed by atoms with van der Waals surface area (Å²) < 4.78 is 6.43. The van der Waals surface area contributed by atoms with Crippen LogP contribution < -0.4 is 5.73 Å². The number of anilines is 1. The van der Waals surface area contributed by atoms with Crippen LogP contribution in [0.25, 0.3) is 0 Å². The highest BCUT2D eigenvalue weighted by atomic mass is 79.9. The molecule has 1 aliphatic heterocycles. The monoisotopic (exact) mass is 284 g/mol. The van der Waals surface area contributed by atoms with Crippen LogP contribution in [-0.4, -0.2) is 31.2 Å². The number of hydrogen-bond acceptors (Lipinski definition) is 3. The summed E-state index contributed by atoms with van der Waals surface area (Å²) in [5, 5.41) is 0. The van der Waals surface area contributed by atoms with Gasteiger partial charge in [0.05, 0.1) is 13.2 Å². The molecule has 1 aromatic carbocycles. The molecule has 0 aliphatic carbocycles. The van der Waals surface area contributed by atoms with Crippen molar-refractivity contribution in [2.75, 3.05) is 32.0 Å². The molecule has 88 valence electrons. The zero-order valence-electron chi connectivity index (χ0n) is 9.50. The fraction of sp³-hybridized carbons (Fsp3) is 0.500. The van der Waals surface area contributed by atoms with Crippen molar-refractivity contribution in [1.29, 1.82) is 0 Å². The number of nitrogen functional groups attached to an aromatic ring is 1. The van der Waals surface area contributed by atoms with Gasteiger partial charge in [0.1, 0.15) is 0 Å². The lowest BCUT2D eigenvalue weighted by Crippen LogP contribution is -2.35. The maximum absolute atomic E-state index is 6.09. The quantitative estimate of drug-likeness (QED) is 0.846. The summed E-state index contributed by atoms with van der Waals surface area (Å²) >= 11 is 3.51. The number of halogens is 1. The Balaban J connectivity index is 2.13. The smallest absolute Gasteiger partial charge is 0.0594 e. The van der Waals surface area contributed by atoms with E-state index in [-0.39, 0.29) is 0 Å². The Morgan fingerprint density at radius 3 is 2.75 bits per heavy atom. The maximum atomic E-state index is 6.09. The molecule has 0 saturated carbocycles. The number of aryl methyl sites for hydroxylation is 1. The molecule has 1 saturated heterocycles. The largest absolute Gasteiger partial charge is 0.398 e. The third-order valence-electron chi connectivity index (χ3n) is 2.93. The van der Waals surface area contributed by atoms with Crippen LogP contribution in [-0.2, 0) is 11.3 Å². The molecule has 0 aromatic heterocycles. The molecule has 0 radical (unpaired) electrons. The molecule has 1 aliphatic rings. The number of ether oxygens (including phenoxy) is 1. The first-order chi connectivity index (χ1) is 7.66. The summed E-state index contributed by atoms with van der Waals surface area (Å²) in [6.45, 7) is 6.59. The Labute approximate surface area is 105 Å². The summed E-state index contributed by atoms with van der Waals surface area (Å²) in [4.78, 5) is 2.38. The van der Waals surface area contributed by atoms with E-state index < -0.39 is 0 Å². The van der Waals surface area contributed by atoms with Crippen molar-refractivity contribution in [1.82, 2.24) is 4.90 Å². The second kappa shape index (κ2) is 5.17. The third-order valence-corrected chi connectivity index (χ3v) is 3.39. The fourth-order valence-corrected chi connectivity index (χ4v) is 2.57. The lowest BCUT2D eigenvalue weighted by atomic mass is 10.1. The van der Waals surface area contributed by atoms with Crippen LogP contribution in [0.1, 0.15) is 11.1 Å². The summed E-state index contributed by atoms with van der Waals surface area (Å²) in [5.41, 5.74) is 9.34. The molecular formula is C12H17BrN2O. The van der Waals surface area contributed by atoms with Gasteiger partial charge in [0.15, 0.2) is 0 Å². The highest BCUT2D eigenvalue weighted by Gasteiger charge is 2.13. The Morgan fingerprint density at radius 2 is 2.06 bits per heavy atom. The second-order valence-electron chi connectivity index (χ2n) is 4.18. The number of nitrogens with zero attached hydrogens (tertiary/aromatic N) is 1. The Hall–Kier alpha value is -0.580. The Kier molecular flexibility index (Phi) is 3.84. The van der Waals surface area contributed by atoms with Gasteiger partial charge >= 0.3 is 0 Å². The zero-order valence-corrected chi connectivity index (χ0v) is 11.1. The molecule has 0 atom stereocenters. The predicted octanol–water partition coefficient (Wildman–Crippen LogP) is 2.17. The van der Waals surface area contributed by atoms with Crippen molar-refractivity contribution >= 4 is 21.6 Å². The van der Waals surface area contributed by atoms with Crippen LogP contribution in [0.5, 0.6) is 0 Å². The molecule has 2 N–H and O–H groups in total. The summed E-state index contributed by atoms with van der Waals surface area (Å²) in [6, 6.07) is 4.16. The first-order valence-electron chi connectivity index (χ1n) is 5.51. The van der Waals surface area contributed by atoms with E-state index in [2.05, 4.69) is 33.0 Å². The normalized spacial score (nSPS) is 17.6. The lowest BCUT2D eigenvalue weighted by Gasteiger charge is -2.27. The van der Waals surface area contributed by atoms with E-state index in [9.17, 15) is 0 Å². The van der Waals surface area contributed by atoms with Crippen molar-refractivity contribution in [2.24, 2.45) is 0 Å². The van der Waals surface area contributed by atoms with Crippen LogP contribution in [0.15, 0.2) is 16.6 Å². The Bertz CT molecular complexity index is 376. The van der Waals surface area contributed by atoms with Gasteiger partial charge in [-0.25, -0.2) is 0 Å². The summed E-state index contributed by atoms with van der Waals surface area (Å²) in [6.07, 6.45) is 0. The van der Waals surface area contributed by atoms with Crippen LogP contribution in [0.4, 0.5) is 5.69 Å². The first kappa shape index (κ1) is 11.9. The number of rotatable bonds is 2. The summed E-state index contributed by atoms with van der Waals surface area (Å²) in [5.74, 6) is 0. The average molecular weight is 285 g/mol. The van der Waals surface area contributed by atoms with E-state index in [1.54, 1.807) is 0 Å². The van der Waals surface area contributed by atoms with Crippen LogP contribution in [0.3, 0.4) is 0 Å². The average Bonchev–Trinajstić information content (AvgIpc) is 2.27. The van der Waals surface area contributed by atoms with E-state index in [0.29, 0.717) is 0 Å². The van der Waals surface area contributed by atoms with E-state index in [0.717, 1.165) is 48.6 Å². The highest BCUT2D eigenvalue weighted by Crippen LogP contribution is 2.24. The van der Waals surface area contributed by atoms with Crippen LogP contribution >= 0.6 is 15.9 Å². The minimum absolute atomic E-state index is 0.826. The van der Waals surface area contributed by atoms with Gasteiger partial charge in [0.25, 0.3) is 0 Å². The molecule has 4 heteroatoms. The van der Waals surface area contributed by atoms with E-state index in [1.165, 1.54) is 5.56 Å². The number of hydrogen-bond donors (Lipinski definition) is 1. The molecule has 0 bridgehead atoms. The SMILES string of the molecule is Cc1cc(Br)cc(CN2CCOCC2)c1N. The second-order valence-corrected chi connectivity index (χ2v) is 5.10. The fourth-order valence-electron chi connectivity index (χ4n) is 1.95. The molecule has 16 heavy (non-hydrogen) atoms. The van der Waals surface area contributed by atoms with E-state index >= 15 is 0 Å². The van der Waals surface area contributed by atoms with Gasteiger partial charge in [-0.1, -0.05) is 15.9 Å². The maximum Gasteiger partial charge on any atom is 0.0594 e.